The highest BCUT2D eigenvalue weighted by molar-refractivity contribution is 5.98. The fourth-order valence-electron chi connectivity index (χ4n) is 1.34. The van der Waals surface area contributed by atoms with Crippen LogP contribution in [-0.4, -0.2) is 17.4 Å². The minimum atomic E-state index is -0.538. The van der Waals surface area contributed by atoms with Crippen LogP contribution in [0.15, 0.2) is 12.3 Å². The van der Waals surface area contributed by atoms with Crippen LogP contribution < -0.4 is 16.8 Å². The molecule has 0 atom stereocenters. The Morgan fingerprint density at radius 3 is 2.65 bits per heavy atom. The number of amides is 1. The molecule has 5 N–H and O–H groups in total. The van der Waals surface area contributed by atoms with E-state index < -0.39 is 5.91 Å². The number of carbonyl (C=O) groups excluding carboxylic acids is 1. The molecule has 1 amide bonds. The summed E-state index contributed by atoms with van der Waals surface area (Å²) >= 11 is 0. The monoisotopic (exact) mass is 236 g/mol. The van der Waals surface area contributed by atoms with Crippen molar-refractivity contribution >= 4 is 17.4 Å². The predicted octanol–water partition coefficient (Wildman–Crippen LogP) is 1.61. The minimum absolute atomic E-state index is 0.257. The van der Waals surface area contributed by atoms with Crippen LogP contribution in [0.3, 0.4) is 0 Å². The molecule has 0 aromatic carbocycles. The molecule has 5 nitrogen and oxygen atoms in total. The minimum Gasteiger partial charge on any atom is -0.397 e. The quantitative estimate of drug-likeness (QED) is 0.740. The van der Waals surface area contributed by atoms with Crippen LogP contribution in [0.25, 0.3) is 0 Å². The van der Waals surface area contributed by atoms with Crippen LogP contribution in [0, 0.1) is 5.41 Å². The molecule has 1 aromatic rings. The molecule has 0 unspecified atom stereocenters. The number of primary amides is 1. The molecule has 0 spiro atoms. The van der Waals surface area contributed by atoms with Gasteiger partial charge in [0.1, 0.15) is 5.82 Å². The number of anilines is 2. The summed E-state index contributed by atoms with van der Waals surface area (Å²) in [5.41, 5.74) is 11.7. The zero-order valence-electron chi connectivity index (χ0n) is 10.6. The third-order valence-electron chi connectivity index (χ3n) is 2.38. The molecule has 0 aliphatic carbocycles. The van der Waals surface area contributed by atoms with Crippen molar-refractivity contribution in [3.63, 3.8) is 0 Å². The zero-order valence-corrected chi connectivity index (χ0v) is 10.6. The number of carbonyl (C=O) groups is 1. The first kappa shape index (κ1) is 13.3. The zero-order chi connectivity index (χ0) is 13.1. The van der Waals surface area contributed by atoms with Crippen molar-refractivity contribution < 1.29 is 4.79 Å². The lowest BCUT2D eigenvalue weighted by molar-refractivity contribution is 0.100. The maximum Gasteiger partial charge on any atom is 0.250 e. The average Bonchev–Trinajstić information content (AvgIpc) is 2.18. The van der Waals surface area contributed by atoms with Crippen LogP contribution in [-0.2, 0) is 0 Å². The average molecular weight is 236 g/mol. The van der Waals surface area contributed by atoms with Gasteiger partial charge in [-0.2, -0.15) is 0 Å². The Balaban J connectivity index is 2.67. The number of nitrogens with one attached hydrogen (secondary N) is 1. The van der Waals surface area contributed by atoms with E-state index in [-0.39, 0.29) is 5.41 Å². The summed E-state index contributed by atoms with van der Waals surface area (Å²) in [6, 6.07) is 1.58. The van der Waals surface area contributed by atoms with E-state index in [9.17, 15) is 4.79 Å². The van der Waals surface area contributed by atoms with Crippen molar-refractivity contribution in [2.75, 3.05) is 17.6 Å². The second-order valence-corrected chi connectivity index (χ2v) is 5.26. The summed E-state index contributed by atoms with van der Waals surface area (Å²) in [4.78, 5) is 15.2. The molecule has 17 heavy (non-hydrogen) atoms. The van der Waals surface area contributed by atoms with Crippen LogP contribution >= 0.6 is 0 Å². The van der Waals surface area contributed by atoms with Crippen LogP contribution in [0.2, 0.25) is 0 Å². The van der Waals surface area contributed by atoms with Gasteiger partial charge in [0.25, 0.3) is 5.91 Å². The smallest absolute Gasteiger partial charge is 0.250 e. The Kier molecular flexibility index (Phi) is 3.93. The number of hydrogen-bond donors (Lipinski definition) is 3. The van der Waals surface area contributed by atoms with Crippen molar-refractivity contribution in [2.45, 2.75) is 27.2 Å². The summed E-state index contributed by atoms with van der Waals surface area (Å²) in [6.07, 6.45) is 2.45. The molecule has 1 heterocycles. The lowest BCUT2D eigenvalue weighted by atomic mass is 9.92. The number of rotatable bonds is 4. The topological polar surface area (TPSA) is 94.0 Å². The maximum atomic E-state index is 11.1. The third-order valence-corrected chi connectivity index (χ3v) is 2.38. The summed E-state index contributed by atoms with van der Waals surface area (Å²) in [5, 5.41) is 3.15. The molecule has 0 saturated carbocycles. The Morgan fingerprint density at radius 2 is 2.12 bits per heavy atom. The van der Waals surface area contributed by atoms with Gasteiger partial charge >= 0.3 is 0 Å². The maximum absolute atomic E-state index is 11.1. The molecule has 94 valence electrons. The number of aromatic nitrogens is 1. The summed E-state index contributed by atoms with van der Waals surface area (Å²) in [6.45, 7) is 7.29. The number of hydrogen-bond acceptors (Lipinski definition) is 4. The van der Waals surface area contributed by atoms with Gasteiger partial charge in [-0.3, -0.25) is 4.79 Å². The SMILES string of the molecule is CC(C)(C)CCNc1cc(C(N)=O)c(N)cn1. The molecule has 0 saturated heterocycles. The van der Waals surface area contributed by atoms with Gasteiger partial charge in [-0.25, -0.2) is 4.98 Å². The van der Waals surface area contributed by atoms with E-state index in [1.54, 1.807) is 6.07 Å². The Morgan fingerprint density at radius 1 is 1.47 bits per heavy atom. The fourth-order valence-corrected chi connectivity index (χ4v) is 1.34. The normalized spacial score (nSPS) is 11.2. The van der Waals surface area contributed by atoms with Crippen LogP contribution in [0.1, 0.15) is 37.6 Å². The van der Waals surface area contributed by atoms with Gasteiger partial charge in [-0.15, -0.1) is 0 Å². The van der Waals surface area contributed by atoms with Crippen molar-refractivity contribution in [1.29, 1.82) is 0 Å². The van der Waals surface area contributed by atoms with Gasteiger partial charge in [0, 0.05) is 6.54 Å². The second-order valence-electron chi connectivity index (χ2n) is 5.26. The molecule has 0 bridgehead atoms. The molecule has 0 radical (unpaired) electrons. The van der Waals surface area contributed by atoms with Gasteiger partial charge in [-0.05, 0) is 17.9 Å². The van der Waals surface area contributed by atoms with Gasteiger partial charge in [0.2, 0.25) is 0 Å². The van der Waals surface area contributed by atoms with E-state index in [4.69, 9.17) is 11.5 Å². The number of nitrogens with zero attached hydrogens (tertiary/aromatic N) is 1. The van der Waals surface area contributed by atoms with Crippen molar-refractivity contribution in [3.05, 3.63) is 17.8 Å². The molecule has 5 heteroatoms. The standard InChI is InChI=1S/C12H20N4O/c1-12(2,3)4-5-15-10-6-8(11(14)17)9(13)7-16-10/h6-7H,4-5,13H2,1-3H3,(H2,14,17)(H,15,16). The Bertz CT molecular complexity index is 409. The highest BCUT2D eigenvalue weighted by Gasteiger charge is 2.11. The van der Waals surface area contributed by atoms with Crippen molar-refractivity contribution in [1.82, 2.24) is 4.98 Å². The lowest BCUT2D eigenvalue weighted by Crippen LogP contribution is -2.16. The molecular formula is C12H20N4O. The Hall–Kier alpha value is -1.78. The van der Waals surface area contributed by atoms with Crippen molar-refractivity contribution in [2.24, 2.45) is 11.1 Å². The number of nitrogens with two attached hydrogens (primary N) is 2. The van der Waals surface area contributed by atoms with Gasteiger partial charge in [0.15, 0.2) is 0 Å². The van der Waals surface area contributed by atoms with Gasteiger partial charge < -0.3 is 16.8 Å². The predicted molar refractivity (Wildman–Crippen MR) is 69.7 cm³/mol. The highest BCUT2D eigenvalue weighted by Crippen LogP contribution is 2.19. The van der Waals surface area contributed by atoms with E-state index >= 15 is 0 Å². The summed E-state index contributed by atoms with van der Waals surface area (Å²) in [5.74, 6) is 0.0843. The molecule has 0 fully saturated rings. The van der Waals surface area contributed by atoms with Crippen LogP contribution in [0.4, 0.5) is 11.5 Å². The Labute approximate surface area is 102 Å². The highest BCUT2D eigenvalue weighted by atomic mass is 16.1. The lowest BCUT2D eigenvalue weighted by Gasteiger charge is -2.18. The largest absolute Gasteiger partial charge is 0.397 e. The van der Waals surface area contributed by atoms with E-state index in [0.29, 0.717) is 17.1 Å². The molecule has 1 rings (SSSR count). The first-order chi connectivity index (χ1) is 7.79. The molecule has 0 aliphatic heterocycles. The molecule has 0 aliphatic rings. The third kappa shape index (κ3) is 4.30. The number of nitrogen functional groups attached to an aromatic ring is 1. The second kappa shape index (κ2) is 5.03. The molecule has 1 aromatic heterocycles. The summed E-state index contributed by atoms with van der Waals surface area (Å²) in [7, 11) is 0. The first-order valence-corrected chi connectivity index (χ1v) is 5.59. The van der Waals surface area contributed by atoms with Crippen molar-refractivity contribution in [3.8, 4) is 0 Å². The van der Waals surface area contributed by atoms with Crippen LogP contribution in [0.5, 0.6) is 0 Å². The molecular weight excluding hydrogens is 216 g/mol. The number of pyridine rings is 1. The van der Waals surface area contributed by atoms with E-state index in [2.05, 4.69) is 31.1 Å². The van der Waals surface area contributed by atoms with E-state index in [1.165, 1.54) is 6.20 Å². The van der Waals surface area contributed by atoms with E-state index in [0.717, 1.165) is 13.0 Å². The fraction of sp³-hybridized carbons (Fsp3) is 0.500. The first-order valence-electron chi connectivity index (χ1n) is 5.59. The van der Waals surface area contributed by atoms with Gasteiger partial charge in [0.05, 0.1) is 17.4 Å². The van der Waals surface area contributed by atoms with Gasteiger partial charge in [-0.1, -0.05) is 20.8 Å². The van der Waals surface area contributed by atoms with E-state index in [1.807, 2.05) is 0 Å². The summed E-state index contributed by atoms with van der Waals surface area (Å²) < 4.78 is 0.